The lowest BCUT2D eigenvalue weighted by Gasteiger charge is -2.16. The minimum Gasteiger partial charge on any atom is -0.466 e. The number of ether oxygens (including phenoxy) is 1. The molecule has 0 aliphatic carbocycles. The van der Waals surface area contributed by atoms with E-state index in [2.05, 4.69) is 21.2 Å². The zero-order valence-electron chi connectivity index (χ0n) is 12.7. The van der Waals surface area contributed by atoms with Crippen LogP contribution in [0.15, 0.2) is 27.9 Å². The van der Waals surface area contributed by atoms with Gasteiger partial charge in [-0.1, -0.05) is 27.5 Å². The Morgan fingerprint density at radius 3 is 2.78 bits per heavy atom. The molecule has 0 bridgehead atoms. The highest BCUT2D eigenvalue weighted by molar-refractivity contribution is 9.10. The van der Waals surface area contributed by atoms with Crippen LogP contribution >= 0.6 is 27.5 Å². The molecule has 8 heteroatoms. The number of rotatable bonds is 5. The number of aliphatic hydroxyl groups excluding tert-OH is 1. The third-order valence-electron chi connectivity index (χ3n) is 3.46. The summed E-state index contributed by atoms with van der Waals surface area (Å²) in [5.74, 6) is -0.968. The van der Waals surface area contributed by atoms with Crippen molar-refractivity contribution < 1.29 is 19.4 Å². The molecule has 23 heavy (non-hydrogen) atoms. The molecule has 2 rings (SSSR count). The number of nitrogens with zero attached hydrogens (tertiary/aromatic N) is 1. The van der Waals surface area contributed by atoms with Crippen LogP contribution in [-0.4, -0.2) is 48.7 Å². The van der Waals surface area contributed by atoms with Gasteiger partial charge in [0.15, 0.2) is 0 Å². The number of carbonyl (C=O) groups is 2. The second kappa shape index (κ2) is 7.33. The van der Waals surface area contributed by atoms with Gasteiger partial charge in [-0.25, -0.2) is 4.79 Å². The van der Waals surface area contributed by atoms with Gasteiger partial charge < -0.3 is 20.1 Å². The van der Waals surface area contributed by atoms with Crippen LogP contribution < -0.4 is 5.32 Å². The molecular formula is C15H16BrClN2O4. The predicted molar refractivity (Wildman–Crippen MR) is 90.2 cm³/mol. The zero-order chi connectivity index (χ0) is 17.1. The van der Waals surface area contributed by atoms with Gasteiger partial charge in [-0.15, -0.1) is 0 Å². The fraction of sp³-hybridized carbons (Fsp3) is 0.333. The molecule has 124 valence electrons. The van der Waals surface area contributed by atoms with Crippen LogP contribution in [0, 0.1) is 6.92 Å². The van der Waals surface area contributed by atoms with E-state index in [9.17, 15) is 9.59 Å². The van der Waals surface area contributed by atoms with Gasteiger partial charge in [0.25, 0.3) is 5.91 Å². The standard InChI is InChI=1S/C15H16BrClN2O4/c1-8-5-9(16)6-11(17)12(8)18-13-10(15(22)23-2)7-19(3-4-20)14(13)21/h5-6,18,20H,3-4,7H2,1-2H3. The Morgan fingerprint density at radius 2 is 2.22 bits per heavy atom. The summed E-state index contributed by atoms with van der Waals surface area (Å²) in [7, 11) is 1.25. The van der Waals surface area contributed by atoms with Crippen LogP contribution in [0.25, 0.3) is 0 Å². The summed E-state index contributed by atoms with van der Waals surface area (Å²) in [5.41, 5.74) is 1.70. The van der Waals surface area contributed by atoms with E-state index in [4.69, 9.17) is 21.4 Å². The minimum absolute atomic E-state index is 0.0849. The Labute approximate surface area is 147 Å². The van der Waals surface area contributed by atoms with Crippen molar-refractivity contribution >= 4 is 45.1 Å². The fourth-order valence-electron chi connectivity index (χ4n) is 2.33. The highest BCUT2D eigenvalue weighted by atomic mass is 79.9. The Bertz CT molecular complexity index is 667. The Kier molecular flexibility index (Phi) is 5.67. The summed E-state index contributed by atoms with van der Waals surface area (Å²) in [6, 6.07) is 3.54. The lowest BCUT2D eigenvalue weighted by molar-refractivity contribution is -0.136. The van der Waals surface area contributed by atoms with Crippen molar-refractivity contribution in [3.05, 3.63) is 38.5 Å². The third kappa shape index (κ3) is 3.68. The molecule has 0 radical (unpaired) electrons. The van der Waals surface area contributed by atoms with Gasteiger partial charge in [0.05, 0.1) is 36.5 Å². The molecule has 0 aromatic heterocycles. The maximum absolute atomic E-state index is 12.5. The first-order chi connectivity index (χ1) is 10.9. The molecule has 0 unspecified atom stereocenters. The maximum Gasteiger partial charge on any atom is 0.337 e. The van der Waals surface area contributed by atoms with Gasteiger partial charge in [0.2, 0.25) is 0 Å². The normalized spacial score (nSPS) is 14.5. The number of β-amino-alcohol motifs (C(OH)–C–C–N with tert-alkyl or cyclic N) is 1. The van der Waals surface area contributed by atoms with Crippen LogP contribution in [-0.2, 0) is 14.3 Å². The number of hydrogen-bond donors (Lipinski definition) is 2. The Balaban J connectivity index is 2.41. The smallest absolute Gasteiger partial charge is 0.337 e. The van der Waals surface area contributed by atoms with Gasteiger partial charge in [0.1, 0.15) is 5.70 Å². The van der Waals surface area contributed by atoms with Crippen molar-refractivity contribution in [1.82, 2.24) is 4.90 Å². The number of methoxy groups -OCH3 is 1. The summed E-state index contributed by atoms with van der Waals surface area (Å²) in [5, 5.41) is 12.4. The molecule has 0 saturated heterocycles. The molecule has 2 N–H and O–H groups in total. The zero-order valence-corrected chi connectivity index (χ0v) is 15.0. The lowest BCUT2D eigenvalue weighted by atomic mass is 10.1. The molecule has 1 aromatic rings. The van der Waals surface area contributed by atoms with Gasteiger partial charge >= 0.3 is 5.97 Å². The van der Waals surface area contributed by atoms with E-state index < -0.39 is 5.97 Å². The van der Waals surface area contributed by atoms with Crippen LogP contribution in [0.3, 0.4) is 0 Å². The summed E-state index contributed by atoms with van der Waals surface area (Å²) in [4.78, 5) is 25.8. The monoisotopic (exact) mass is 402 g/mol. The molecule has 0 spiro atoms. The molecule has 1 amide bonds. The second-order valence-corrected chi connectivity index (χ2v) is 6.32. The first-order valence-electron chi connectivity index (χ1n) is 6.83. The number of benzene rings is 1. The number of nitrogens with one attached hydrogen (secondary N) is 1. The van der Waals surface area contributed by atoms with Crippen molar-refractivity contribution in [2.45, 2.75) is 6.92 Å². The number of carbonyl (C=O) groups excluding carboxylic acids is 2. The SMILES string of the molecule is COC(=O)C1=C(Nc2c(C)cc(Br)cc2Cl)C(=O)N(CCO)C1. The van der Waals surface area contributed by atoms with E-state index in [0.29, 0.717) is 10.7 Å². The molecule has 1 heterocycles. The van der Waals surface area contributed by atoms with E-state index >= 15 is 0 Å². The summed E-state index contributed by atoms with van der Waals surface area (Å²) in [6.45, 7) is 1.87. The largest absolute Gasteiger partial charge is 0.466 e. The van der Waals surface area contributed by atoms with E-state index in [1.54, 1.807) is 6.07 Å². The van der Waals surface area contributed by atoms with E-state index in [0.717, 1.165) is 10.0 Å². The van der Waals surface area contributed by atoms with Gasteiger partial charge in [-0.3, -0.25) is 4.79 Å². The van der Waals surface area contributed by atoms with E-state index in [-0.39, 0.29) is 36.9 Å². The van der Waals surface area contributed by atoms with Crippen LogP contribution in [0.5, 0.6) is 0 Å². The quantitative estimate of drug-likeness (QED) is 0.736. The topological polar surface area (TPSA) is 78.9 Å². The van der Waals surface area contributed by atoms with Crippen LogP contribution in [0.1, 0.15) is 5.56 Å². The molecule has 0 saturated carbocycles. The van der Waals surface area contributed by atoms with Crippen molar-refractivity contribution in [1.29, 1.82) is 0 Å². The first-order valence-corrected chi connectivity index (χ1v) is 8.00. The molecule has 1 aromatic carbocycles. The van der Waals surface area contributed by atoms with Crippen LogP contribution in [0.4, 0.5) is 5.69 Å². The number of halogens is 2. The van der Waals surface area contributed by atoms with Crippen molar-refractivity contribution in [3.8, 4) is 0 Å². The average Bonchev–Trinajstić information content (AvgIpc) is 2.79. The van der Waals surface area contributed by atoms with Gasteiger partial charge in [-0.05, 0) is 24.6 Å². The molecule has 1 aliphatic heterocycles. The number of aryl methyl sites for hydroxylation is 1. The van der Waals surface area contributed by atoms with E-state index in [1.807, 2.05) is 13.0 Å². The second-order valence-electron chi connectivity index (χ2n) is 5.00. The maximum atomic E-state index is 12.5. The highest BCUT2D eigenvalue weighted by Crippen LogP contribution is 2.32. The number of hydrogen-bond acceptors (Lipinski definition) is 5. The fourth-order valence-corrected chi connectivity index (χ4v) is 3.35. The van der Waals surface area contributed by atoms with E-state index in [1.165, 1.54) is 12.0 Å². The van der Waals surface area contributed by atoms with Gasteiger partial charge in [0, 0.05) is 11.0 Å². The summed E-state index contributed by atoms with van der Waals surface area (Å²) in [6.07, 6.45) is 0. The Morgan fingerprint density at radius 1 is 1.52 bits per heavy atom. The Hall–Kier alpha value is -1.57. The third-order valence-corrected chi connectivity index (χ3v) is 4.21. The predicted octanol–water partition coefficient (Wildman–Crippen LogP) is 2.08. The van der Waals surface area contributed by atoms with Crippen molar-refractivity contribution in [3.63, 3.8) is 0 Å². The number of aliphatic hydroxyl groups is 1. The lowest BCUT2D eigenvalue weighted by Crippen LogP contribution is -2.31. The van der Waals surface area contributed by atoms with Gasteiger partial charge in [-0.2, -0.15) is 0 Å². The summed E-state index contributed by atoms with van der Waals surface area (Å²) >= 11 is 9.57. The van der Waals surface area contributed by atoms with Crippen LogP contribution in [0.2, 0.25) is 5.02 Å². The van der Waals surface area contributed by atoms with Crippen molar-refractivity contribution in [2.24, 2.45) is 0 Å². The molecule has 1 aliphatic rings. The minimum atomic E-state index is -0.591. The number of amides is 1. The molecule has 0 fully saturated rings. The molecular weight excluding hydrogens is 388 g/mol. The number of esters is 1. The van der Waals surface area contributed by atoms with Crippen molar-refractivity contribution in [2.75, 3.05) is 32.1 Å². The first kappa shape index (κ1) is 17.8. The molecule has 6 nitrogen and oxygen atoms in total. The average molecular weight is 404 g/mol. The number of anilines is 1. The highest BCUT2D eigenvalue weighted by Gasteiger charge is 2.34. The molecule has 0 atom stereocenters. The summed E-state index contributed by atoms with van der Waals surface area (Å²) < 4.78 is 5.55.